The Labute approximate surface area is 116 Å². The fourth-order valence-corrected chi connectivity index (χ4v) is 1.61. The van der Waals surface area contributed by atoms with Crippen molar-refractivity contribution in [2.45, 2.75) is 6.54 Å². The number of hydrogen-bond donors (Lipinski definition) is 3. The van der Waals surface area contributed by atoms with E-state index >= 15 is 0 Å². The Hall–Kier alpha value is -2.47. The average Bonchev–Trinajstić information content (AvgIpc) is 2.48. The molecule has 0 aliphatic carbocycles. The van der Waals surface area contributed by atoms with Crippen LogP contribution in [0.3, 0.4) is 0 Å². The first-order chi connectivity index (χ1) is 9.69. The molecule has 104 valence electrons. The third-order valence-corrected chi connectivity index (χ3v) is 2.65. The van der Waals surface area contributed by atoms with Crippen LogP contribution < -0.4 is 16.4 Å². The highest BCUT2D eigenvalue weighted by Crippen LogP contribution is 2.12. The summed E-state index contributed by atoms with van der Waals surface area (Å²) in [6.07, 6.45) is 1.51. The van der Waals surface area contributed by atoms with E-state index in [1.807, 2.05) is 0 Å². The summed E-state index contributed by atoms with van der Waals surface area (Å²) in [5, 5.41) is 5.60. The second-order valence-electron chi connectivity index (χ2n) is 4.13. The number of carbonyl (C=O) groups is 1. The molecular weight excluding hydrogens is 259 g/mol. The summed E-state index contributed by atoms with van der Waals surface area (Å²) in [5.74, 6) is 0.0599. The molecule has 0 fully saturated rings. The fourth-order valence-electron chi connectivity index (χ4n) is 1.61. The molecule has 1 heterocycles. The zero-order chi connectivity index (χ0) is 14.4. The van der Waals surface area contributed by atoms with Crippen LogP contribution in [0.15, 0.2) is 42.6 Å². The number of halogens is 1. The molecule has 1 aromatic heterocycles. The third kappa shape index (κ3) is 3.76. The Bertz CT molecular complexity index is 586. The van der Waals surface area contributed by atoms with E-state index in [1.165, 1.54) is 12.3 Å². The Balaban J connectivity index is 1.94. The van der Waals surface area contributed by atoms with Gasteiger partial charge in [-0.05, 0) is 18.2 Å². The number of anilines is 2. The lowest BCUT2D eigenvalue weighted by Crippen LogP contribution is -2.21. The van der Waals surface area contributed by atoms with Gasteiger partial charge in [-0.2, -0.15) is 0 Å². The van der Waals surface area contributed by atoms with Gasteiger partial charge in [0, 0.05) is 12.1 Å². The molecule has 20 heavy (non-hydrogen) atoms. The summed E-state index contributed by atoms with van der Waals surface area (Å²) in [4.78, 5) is 15.2. The summed E-state index contributed by atoms with van der Waals surface area (Å²) in [6, 6.07) is 9.94. The maximum Gasteiger partial charge on any atom is 0.238 e. The molecule has 0 bridgehead atoms. The van der Waals surface area contributed by atoms with Crippen molar-refractivity contribution in [3.63, 3.8) is 0 Å². The largest absolute Gasteiger partial charge is 0.366 e. The highest BCUT2D eigenvalue weighted by atomic mass is 19.1. The number of carbonyl (C=O) groups excluding carboxylic acids is 1. The number of nitrogens with zero attached hydrogens (tertiary/aromatic N) is 1. The van der Waals surface area contributed by atoms with Gasteiger partial charge in [0.05, 0.1) is 18.4 Å². The molecule has 0 radical (unpaired) electrons. The minimum absolute atomic E-state index is 0.0761. The molecule has 0 saturated heterocycles. The summed E-state index contributed by atoms with van der Waals surface area (Å²) in [6.45, 7) is 0.265. The van der Waals surface area contributed by atoms with Crippen molar-refractivity contribution in [3.05, 3.63) is 54.0 Å². The van der Waals surface area contributed by atoms with Crippen LogP contribution >= 0.6 is 0 Å². The van der Waals surface area contributed by atoms with Gasteiger partial charge >= 0.3 is 0 Å². The Morgan fingerprint density at radius 2 is 2.05 bits per heavy atom. The van der Waals surface area contributed by atoms with Crippen molar-refractivity contribution in [1.29, 1.82) is 0 Å². The molecular formula is C14H15FN4O. The van der Waals surface area contributed by atoms with Gasteiger partial charge in [0.15, 0.2) is 0 Å². The molecule has 2 rings (SSSR count). The number of nitrogens with two attached hydrogens (primary N) is 1. The van der Waals surface area contributed by atoms with Crippen LogP contribution in [0.1, 0.15) is 5.56 Å². The van der Waals surface area contributed by atoms with E-state index < -0.39 is 0 Å². The number of pyridine rings is 1. The van der Waals surface area contributed by atoms with Crippen molar-refractivity contribution in [2.75, 3.05) is 17.2 Å². The third-order valence-electron chi connectivity index (χ3n) is 2.65. The first-order valence-corrected chi connectivity index (χ1v) is 6.12. The Morgan fingerprint density at radius 3 is 2.70 bits per heavy atom. The average molecular weight is 274 g/mol. The van der Waals surface area contributed by atoms with Gasteiger partial charge in [-0.15, -0.1) is 0 Å². The van der Waals surface area contributed by atoms with Crippen molar-refractivity contribution in [1.82, 2.24) is 4.98 Å². The van der Waals surface area contributed by atoms with Gasteiger partial charge in [0.25, 0.3) is 0 Å². The van der Waals surface area contributed by atoms with Crippen LogP contribution in [0, 0.1) is 5.82 Å². The maximum absolute atomic E-state index is 13.4. The van der Waals surface area contributed by atoms with Crippen molar-refractivity contribution < 1.29 is 9.18 Å². The molecule has 0 unspecified atom stereocenters. The topological polar surface area (TPSA) is 80.0 Å². The molecule has 0 aliphatic rings. The van der Waals surface area contributed by atoms with Gasteiger partial charge < -0.3 is 16.4 Å². The molecule has 2 aromatic rings. The quantitative estimate of drug-likeness (QED) is 0.775. The summed E-state index contributed by atoms with van der Waals surface area (Å²) >= 11 is 0. The smallest absolute Gasteiger partial charge is 0.238 e. The van der Waals surface area contributed by atoms with Gasteiger partial charge in [0.2, 0.25) is 5.91 Å². The van der Waals surface area contributed by atoms with Crippen molar-refractivity contribution in [3.8, 4) is 0 Å². The number of aromatic nitrogens is 1. The highest BCUT2D eigenvalue weighted by Gasteiger charge is 2.02. The minimum Gasteiger partial charge on any atom is -0.366 e. The lowest BCUT2D eigenvalue weighted by Gasteiger charge is -2.08. The SMILES string of the molecule is NCC(=O)Nc1ccc(NCc2ccccc2F)nc1. The predicted molar refractivity (Wildman–Crippen MR) is 75.6 cm³/mol. The number of hydrogen-bond acceptors (Lipinski definition) is 4. The van der Waals surface area contributed by atoms with E-state index in [9.17, 15) is 9.18 Å². The second kappa shape index (κ2) is 6.63. The summed E-state index contributed by atoms with van der Waals surface area (Å²) in [7, 11) is 0. The molecule has 0 aliphatic heterocycles. The molecule has 0 spiro atoms. The van der Waals surface area contributed by atoms with Gasteiger partial charge in [-0.3, -0.25) is 4.79 Å². The van der Waals surface area contributed by atoms with Gasteiger partial charge in [0.1, 0.15) is 11.6 Å². The van der Waals surface area contributed by atoms with E-state index in [0.29, 0.717) is 23.6 Å². The number of benzene rings is 1. The molecule has 1 aromatic carbocycles. The van der Waals surface area contributed by atoms with Crippen LogP contribution in [0.2, 0.25) is 0 Å². The van der Waals surface area contributed by atoms with Crippen LogP contribution in [0.25, 0.3) is 0 Å². The lowest BCUT2D eigenvalue weighted by atomic mass is 10.2. The number of amides is 1. The highest BCUT2D eigenvalue weighted by molar-refractivity contribution is 5.91. The monoisotopic (exact) mass is 274 g/mol. The van der Waals surface area contributed by atoms with Crippen molar-refractivity contribution in [2.24, 2.45) is 5.73 Å². The number of rotatable bonds is 5. The zero-order valence-electron chi connectivity index (χ0n) is 10.8. The summed E-state index contributed by atoms with van der Waals surface area (Å²) in [5.41, 5.74) is 6.33. The van der Waals surface area contributed by atoms with Crippen LogP contribution in [-0.4, -0.2) is 17.4 Å². The van der Waals surface area contributed by atoms with Gasteiger partial charge in [-0.25, -0.2) is 9.37 Å². The molecule has 4 N–H and O–H groups in total. The van der Waals surface area contributed by atoms with E-state index in [2.05, 4.69) is 15.6 Å². The second-order valence-corrected chi connectivity index (χ2v) is 4.13. The molecule has 1 amide bonds. The standard InChI is InChI=1S/C14H15FN4O/c15-12-4-2-1-3-10(12)8-17-13-6-5-11(9-18-13)19-14(20)7-16/h1-6,9H,7-8,16H2,(H,17,18)(H,19,20). The first-order valence-electron chi connectivity index (χ1n) is 6.12. The minimum atomic E-state index is -0.279. The van der Waals surface area contributed by atoms with E-state index in [1.54, 1.807) is 30.3 Å². The Kier molecular flexibility index (Phi) is 4.62. The van der Waals surface area contributed by atoms with Crippen LogP contribution in [-0.2, 0) is 11.3 Å². The van der Waals surface area contributed by atoms with E-state index in [4.69, 9.17) is 5.73 Å². The molecule has 0 atom stereocenters. The van der Waals surface area contributed by atoms with E-state index in [-0.39, 0.29) is 18.3 Å². The molecule has 0 saturated carbocycles. The number of nitrogens with one attached hydrogen (secondary N) is 2. The fraction of sp³-hybridized carbons (Fsp3) is 0.143. The van der Waals surface area contributed by atoms with Gasteiger partial charge in [-0.1, -0.05) is 18.2 Å². The predicted octanol–water partition coefficient (Wildman–Crippen LogP) is 1.73. The maximum atomic E-state index is 13.4. The first kappa shape index (κ1) is 14.0. The van der Waals surface area contributed by atoms with Crippen LogP contribution in [0.4, 0.5) is 15.9 Å². The molecule has 6 heteroatoms. The molecule has 5 nitrogen and oxygen atoms in total. The van der Waals surface area contributed by atoms with Crippen LogP contribution in [0.5, 0.6) is 0 Å². The Morgan fingerprint density at radius 1 is 1.25 bits per heavy atom. The zero-order valence-corrected chi connectivity index (χ0v) is 10.8. The normalized spacial score (nSPS) is 10.1. The van der Waals surface area contributed by atoms with Crippen molar-refractivity contribution >= 4 is 17.4 Å². The van der Waals surface area contributed by atoms with E-state index in [0.717, 1.165) is 0 Å². The summed E-state index contributed by atoms with van der Waals surface area (Å²) < 4.78 is 13.4. The lowest BCUT2D eigenvalue weighted by molar-refractivity contribution is -0.114.